The van der Waals surface area contributed by atoms with Crippen molar-refractivity contribution in [2.24, 2.45) is 0 Å². The molecule has 0 fully saturated rings. The van der Waals surface area contributed by atoms with Gasteiger partial charge in [-0.1, -0.05) is 12.1 Å². The van der Waals surface area contributed by atoms with Gasteiger partial charge in [-0.15, -0.1) is 0 Å². The minimum absolute atomic E-state index is 0.517. The molecule has 0 saturated carbocycles. The Morgan fingerprint density at radius 2 is 2.12 bits per heavy atom. The van der Waals surface area contributed by atoms with Crippen molar-refractivity contribution in [2.45, 2.75) is 20.0 Å². The molecule has 1 N–H and O–H groups in total. The number of carbonyl (C=O) groups excluding carboxylic acids is 1. The third-order valence-electron chi connectivity index (χ3n) is 2.94. The van der Waals surface area contributed by atoms with Gasteiger partial charge < -0.3 is 14.3 Å². The molecular weight excluding hydrogens is 220 g/mol. The van der Waals surface area contributed by atoms with E-state index in [9.17, 15) is 9.90 Å². The van der Waals surface area contributed by atoms with Crippen LogP contribution in [-0.4, -0.2) is 18.2 Å². The van der Waals surface area contributed by atoms with Crippen LogP contribution >= 0.6 is 0 Å². The van der Waals surface area contributed by atoms with Crippen molar-refractivity contribution in [3.8, 4) is 0 Å². The van der Waals surface area contributed by atoms with Crippen molar-refractivity contribution in [2.75, 3.05) is 7.11 Å². The lowest BCUT2D eigenvalue weighted by molar-refractivity contribution is -0.150. The van der Waals surface area contributed by atoms with Gasteiger partial charge in [-0.25, -0.2) is 4.79 Å². The number of hydrogen-bond acceptors (Lipinski definition) is 4. The van der Waals surface area contributed by atoms with Crippen molar-refractivity contribution >= 4 is 16.9 Å². The van der Waals surface area contributed by atoms with Gasteiger partial charge in [0.2, 0.25) is 0 Å². The lowest BCUT2D eigenvalue weighted by Gasteiger charge is -2.09. The minimum Gasteiger partial charge on any atom is -0.467 e. The standard InChI is InChI=1S/C13H14O4/c1-7-8(2)17-10-6-4-5-9(11(7)10)12(14)13(15)16-3/h4-6,12,14H,1-3H3. The molecule has 4 nitrogen and oxygen atoms in total. The molecule has 4 heteroatoms. The molecule has 1 unspecified atom stereocenters. The molecule has 0 aliphatic heterocycles. The predicted molar refractivity (Wildman–Crippen MR) is 62.7 cm³/mol. The number of methoxy groups -OCH3 is 1. The van der Waals surface area contributed by atoms with Crippen LogP contribution in [0.4, 0.5) is 0 Å². The lowest BCUT2D eigenvalue weighted by atomic mass is 10.0. The number of furan rings is 1. The van der Waals surface area contributed by atoms with E-state index in [1.54, 1.807) is 12.1 Å². The number of carbonyl (C=O) groups is 1. The number of hydrogen-bond donors (Lipinski definition) is 1. The highest BCUT2D eigenvalue weighted by atomic mass is 16.5. The Morgan fingerprint density at radius 1 is 1.41 bits per heavy atom. The second kappa shape index (κ2) is 4.22. The molecule has 1 heterocycles. The van der Waals surface area contributed by atoms with Crippen LogP contribution < -0.4 is 0 Å². The molecule has 0 bridgehead atoms. The minimum atomic E-state index is -1.28. The third kappa shape index (κ3) is 1.80. The summed E-state index contributed by atoms with van der Waals surface area (Å²) in [5.74, 6) is 0.111. The van der Waals surface area contributed by atoms with E-state index in [1.165, 1.54) is 7.11 Å². The molecule has 90 valence electrons. The summed E-state index contributed by atoms with van der Waals surface area (Å²) >= 11 is 0. The molecule has 0 radical (unpaired) electrons. The average molecular weight is 234 g/mol. The first-order valence-corrected chi connectivity index (χ1v) is 5.30. The number of aliphatic hydroxyl groups excluding tert-OH is 1. The number of aryl methyl sites for hydroxylation is 2. The summed E-state index contributed by atoms with van der Waals surface area (Å²) in [5.41, 5.74) is 2.11. The zero-order valence-electron chi connectivity index (χ0n) is 9.98. The van der Waals surface area contributed by atoms with Gasteiger partial charge in [0.1, 0.15) is 11.3 Å². The Hall–Kier alpha value is -1.81. The van der Waals surface area contributed by atoms with Crippen LogP contribution in [0.25, 0.3) is 11.0 Å². The van der Waals surface area contributed by atoms with Crippen molar-refractivity contribution in [1.29, 1.82) is 0 Å². The first-order valence-electron chi connectivity index (χ1n) is 5.30. The fourth-order valence-corrected chi connectivity index (χ4v) is 1.92. The molecule has 1 aromatic heterocycles. The fourth-order valence-electron chi connectivity index (χ4n) is 1.92. The molecule has 2 aromatic rings. The molecule has 1 atom stereocenters. The largest absolute Gasteiger partial charge is 0.467 e. The number of ether oxygens (including phenoxy) is 1. The maximum absolute atomic E-state index is 11.4. The van der Waals surface area contributed by atoms with E-state index >= 15 is 0 Å². The number of fused-ring (bicyclic) bond motifs is 1. The summed E-state index contributed by atoms with van der Waals surface area (Å²) in [5, 5.41) is 10.7. The Bertz CT molecular complexity index is 568. The van der Waals surface area contributed by atoms with E-state index in [2.05, 4.69) is 4.74 Å². The van der Waals surface area contributed by atoms with E-state index in [-0.39, 0.29) is 0 Å². The molecule has 1 aromatic carbocycles. The van der Waals surface area contributed by atoms with Crippen LogP contribution in [0.3, 0.4) is 0 Å². The maximum atomic E-state index is 11.4. The fraction of sp³-hybridized carbons (Fsp3) is 0.308. The Labute approximate surface area is 98.8 Å². The summed E-state index contributed by atoms with van der Waals surface area (Å²) in [6, 6.07) is 5.25. The molecule has 0 spiro atoms. The van der Waals surface area contributed by atoms with Crippen LogP contribution in [0.5, 0.6) is 0 Å². The van der Waals surface area contributed by atoms with Gasteiger partial charge in [-0.05, 0) is 25.5 Å². The number of aliphatic hydroxyl groups is 1. The van der Waals surface area contributed by atoms with Gasteiger partial charge in [-0.2, -0.15) is 0 Å². The maximum Gasteiger partial charge on any atom is 0.339 e. The molecule has 0 amide bonds. The van der Waals surface area contributed by atoms with Gasteiger partial charge in [0.15, 0.2) is 6.10 Å². The van der Waals surface area contributed by atoms with Gasteiger partial charge >= 0.3 is 5.97 Å². The summed E-state index contributed by atoms with van der Waals surface area (Å²) in [7, 11) is 1.25. The van der Waals surface area contributed by atoms with Gasteiger partial charge in [0.05, 0.1) is 7.11 Å². The summed E-state index contributed by atoms with van der Waals surface area (Å²) < 4.78 is 10.1. The number of benzene rings is 1. The average Bonchev–Trinajstić information content (AvgIpc) is 2.63. The van der Waals surface area contributed by atoms with Crippen LogP contribution in [0.15, 0.2) is 22.6 Å². The first kappa shape index (κ1) is 11.7. The Morgan fingerprint density at radius 3 is 2.76 bits per heavy atom. The quantitative estimate of drug-likeness (QED) is 0.810. The lowest BCUT2D eigenvalue weighted by Crippen LogP contribution is -2.13. The molecule has 0 aliphatic rings. The molecule has 0 aliphatic carbocycles. The van der Waals surface area contributed by atoms with Gasteiger partial charge in [-0.3, -0.25) is 0 Å². The number of rotatable bonds is 2. The summed E-state index contributed by atoms with van der Waals surface area (Å²) in [6.45, 7) is 3.75. The van der Waals surface area contributed by atoms with E-state index in [4.69, 9.17) is 4.42 Å². The molecule has 0 saturated heterocycles. The van der Waals surface area contributed by atoms with Gasteiger partial charge in [0.25, 0.3) is 0 Å². The van der Waals surface area contributed by atoms with E-state index < -0.39 is 12.1 Å². The van der Waals surface area contributed by atoms with E-state index in [0.29, 0.717) is 11.1 Å². The smallest absolute Gasteiger partial charge is 0.339 e. The normalized spacial score (nSPS) is 12.7. The number of esters is 1. The zero-order chi connectivity index (χ0) is 12.6. The zero-order valence-corrected chi connectivity index (χ0v) is 9.98. The Kier molecular flexibility index (Phi) is 2.90. The molecule has 17 heavy (non-hydrogen) atoms. The summed E-state index contributed by atoms with van der Waals surface area (Å²) in [4.78, 5) is 11.4. The van der Waals surface area contributed by atoms with Crippen molar-refractivity contribution < 1.29 is 19.1 Å². The Balaban J connectivity index is 2.65. The van der Waals surface area contributed by atoms with Crippen LogP contribution in [0.2, 0.25) is 0 Å². The van der Waals surface area contributed by atoms with Crippen LogP contribution in [0, 0.1) is 13.8 Å². The summed E-state index contributed by atoms with van der Waals surface area (Å²) in [6.07, 6.45) is -1.28. The predicted octanol–water partition coefficient (Wildman–Crippen LogP) is 2.26. The van der Waals surface area contributed by atoms with Gasteiger partial charge in [0, 0.05) is 10.9 Å². The van der Waals surface area contributed by atoms with E-state index in [1.807, 2.05) is 19.9 Å². The third-order valence-corrected chi connectivity index (χ3v) is 2.94. The van der Waals surface area contributed by atoms with Crippen molar-refractivity contribution in [3.05, 3.63) is 35.1 Å². The van der Waals surface area contributed by atoms with E-state index in [0.717, 1.165) is 16.7 Å². The highest BCUT2D eigenvalue weighted by Crippen LogP contribution is 2.31. The highest BCUT2D eigenvalue weighted by molar-refractivity contribution is 5.90. The van der Waals surface area contributed by atoms with Crippen LogP contribution in [0.1, 0.15) is 23.0 Å². The SMILES string of the molecule is COC(=O)C(O)c1cccc2oc(C)c(C)c12. The molecular formula is C13H14O4. The van der Waals surface area contributed by atoms with Crippen LogP contribution in [-0.2, 0) is 9.53 Å². The second-order valence-corrected chi connectivity index (χ2v) is 3.93. The topological polar surface area (TPSA) is 59.7 Å². The molecule has 2 rings (SSSR count). The van der Waals surface area contributed by atoms with Crippen molar-refractivity contribution in [3.63, 3.8) is 0 Å². The highest BCUT2D eigenvalue weighted by Gasteiger charge is 2.22. The monoisotopic (exact) mass is 234 g/mol. The van der Waals surface area contributed by atoms with Crippen molar-refractivity contribution in [1.82, 2.24) is 0 Å². The first-order chi connectivity index (χ1) is 8.06. The second-order valence-electron chi connectivity index (χ2n) is 3.93.